The monoisotopic (exact) mass is 415 g/mol. The molecule has 0 unspecified atom stereocenters. The first-order chi connectivity index (χ1) is 12.7. The van der Waals surface area contributed by atoms with Crippen LogP contribution in [0.2, 0.25) is 0 Å². The van der Waals surface area contributed by atoms with Crippen LogP contribution < -0.4 is 9.47 Å². The summed E-state index contributed by atoms with van der Waals surface area (Å²) in [5, 5.41) is 3.98. The third-order valence-electron chi connectivity index (χ3n) is 3.58. The highest BCUT2D eigenvalue weighted by atomic mass is 35.5. The molecule has 0 atom stereocenters. The Kier molecular flexibility index (Phi) is 10.6. The predicted molar refractivity (Wildman–Crippen MR) is 114 cm³/mol. The van der Waals surface area contributed by atoms with Gasteiger partial charge in [-0.15, -0.1) is 0 Å². The number of rotatable bonds is 11. The fourth-order valence-electron chi connectivity index (χ4n) is 2.26. The van der Waals surface area contributed by atoms with Gasteiger partial charge in [0.2, 0.25) is 0 Å². The Labute approximate surface area is 173 Å². The molecule has 0 N–H and O–H groups in total. The molecule has 0 saturated carbocycles. The van der Waals surface area contributed by atoms with Crippen LogP contribution in [0.25, 0.3) is 0 Å². The molecule has 0 heterocycles. The summed E-state index contributed by atoms with van der Waals surface area (Å²) in [6, 6.07) is 3.97. The summed E-state index contributed by atoms with van der Waals surface area (Å²) in [6.45, 7) is 12.0. The second-order valence-electron chi connectivity index (χ2n) is 7.38. The standard InChI is InChI=1S/C21H31Cl2NO3/c1-6-17-14-18(25-12-9-19(22)23)13-16(2)20(17)26-10-7-8-11-27-24-15-21(3,4)5/h9,13-15H,6-8,10-12H2,1-5H3/b24-15+. The van der Waals surface area contributed by atoms with E-state index in [4.69, 9.17) is 37.5 Å². The Hall–Kier alpha value is -1.39. The SMILES string of the molecule is CCc1cc(OCC=C(Cl)Cl)cc(C)c1OCCCCO/N=C/C(C)(C)C. The van der Waals surface area contributed by atoms with Crippen molar-refractivity contribution in [2.45, 2.75) is 53.9 Å². The van der Waals surface area contributed by atoms with Crippen molar-refractivity contribution >= 4 is 29.4 Å². The van der Waals surface area contributed by atoms with Crippen LogP contribution in [0.4, 0.5) is 0 Å². The number of halogens is 2. The highest BCUT2D eigenvalue weighted by Crippen LogP contribution is 2.30. The van der Waals surface area contributed by atoms with E-state index in [9.17, 15) is 0 Å². The first-order valence-electron chi connectivity index (χ1n) is 9.29. The van der Waals surface area contributed by atoms with E-state index in [1.807, 2.05) is 25.3 Å². The summed E-state index contributed by atoms with van der Waals surface area (Å²) >= 11 is 11.2. The van der Waals surface area contributed by atoms with Crippen molar-refractivity contribution < 1.29 is 14.3 Å². The maximum Gasteiger partial charge on any atom is 0.125 e. The van der Waals surface area contributed by atoms with Gasteiger partial charge < -0.3 is 14.3 Å². The molecule has 0 saturated heterocycles. The lowest BCUT2D eigenvalue weighted by molar-refractivity contribution is 0.134. The Bertz CT molecular complexity index is 633. The number of aryl methyl sites for hydroxylation is 2. The first-order valence-corrected chi connectivity index (χ1v) is 10.0. The Morgan fingerprint density at radius 3 is 2.44 bits per heavy atom. The number of unbranched alkanes of at least 4 members (excludes halogenated alkanes) is 1. The van der Waals surface area contributed by atoms with Gasteiger partial charge >= 0.3 is 0 Å². The molecule has 1 rings (SSSR count). The Balaban J connectivity index is 2.46. The summed E-state index contributed by atoms with van der Waals surface area (Å²) in [5.74, 6) is 1.72. The van der Waals surface area contributed by atoms with E-state index >= 15 is 0 Å². The quantitative estimate of drug-likeness (QED) is 0.236. The van der Waals surface area contributed by atoms with Crippen LogP contribution in [0.15, 0.2) is 27.9 Å². The maximum atomic E-state index is 6.01. The maximum absolute atomic E-state index is 6.01. The average Bonchev–Trinajstić information content (AvgIpc) is 2.57. The van der Waals surface area contributed by atoms with Gasteiger partial charge in [0.1, 0.15) is 29.2 Å². The highest BCUT2D eigenvalue weighted by Gasteiger charge is 2.09. The van der Waals surface area contributed by atoms with E-state index in [0.717, 1.165) is 41.9 Å². The zero-order valence-corrected chi connectivity index (χ0v) is 18.5. The molecule has 0 bridgehead atoms. The number of ether oxygens (including phenoxy) is 2. The average molecular weight is 416 g/mol. The molecule has 152 valence electrons. The molecule has 0 aliphatic carbocycles. The van der Waals surface area contributed by atoms with E-state index in [2.05, 4.69) is 32.9 Å². The van der Waals surface area contributed by atoms with Gasteiger partial charge in [0.05, 0.1) is 6.61 Å². The molecule has 0 fully saturated rings. The van der Waals surface area contributed by atoms with Gasteiger partial charge in [-0.2, -0.15) is 0 Å². The third kappa shape index (κ3) is 10.5. The van der Waals surface area contributed by atoms with Crippen molar-refractivity contribution in [3.05, 3.63) is 33.8 Å². The van der Waals surface area contributed by atoms with Crippen LogP contribution in [0.3, 0.4) is 0 Å². The predicted octanol–water partition coefficient (Wildman–Crippen LogP) is 6.46. The van der Waals surface area contributed by atoms with Gasteiger partial charge in [0.25, 0.3) is 0 Å². The smallest absolute Gasteiger partial charge is 0.125 e. The molecule has 0 spiro atoms. The normalized spacial score (nSPS) is 11.5. The van der Waals surface area contributed by atoms with E-state index in [1.54, 1.807) is 6.08 Å². The summed E-state index contributed by atoms with van der Waals surface area (Å²) in [5.41, 5.74) is 2.22. The second-order valence-corrected chi connectivity index (χ2v) is 8.38. The first kappa shape index (κ1) is 23.6. The minimum Gasteiger partial charge on any atom is -0.493 e. The summed E-state index contributed by atoms with van der Waals surface area (Å²) in [4.78, 5) is 5.27. The topological polar surface area (TPSA) is 40.0 Å². The van der Waals surface area contributed by atoms with Gasteiger partial charge in [-0.05, 0) is 55.5 Å². The fraction of sp³-hybridized carbons (Fsp3) is 0.571. The molecule has 0 radical (unpaired) electrons. The third-order valence-corrected chi connectivity index (χ3v) is 3.89. The molecule has 1 aromatic carbocycles. The Morgan fingerprint density at radius 1 is 1.11 bits per heavy atom. The molecule has 1 aromatic rings. The molecule has 0 amide bonds. The van der Waals surface area contributed by atoms with Gasteiger partial charge in [0, 0.05) is 11.6 Å². The lowest BCUT2D eigenvalue weighted by Crippen LogP contribution is -2.07. The Morgan fingerprint density at radius 2 is 1.81 bits per heavy atom. The molecule has 27 heavy (non-hydrogen) atoms. The molecular weight excluding hydrogens is 385 g/mol. The van der Waals surface area contributed by atoms with Crippen LogP contribution in [0.1, 0.15) is 51.7 Å². The summed E-state index contributed by atoms with van der Waals surface area (Å²) < 4.78 is 11.9. The van der Waals surface area contributed by atoms with E-state index in [0.29, 0.717) is 19.8 Å². The van der Waals surface area contributed by atoms with Gasteiger partial charge in [0.15, 0.2) is 0 Å². The molecule has 6 heteroatoms. The molecule has 0 aromatic heterocycles. The summed E-state index contributed by atoms with van der Waals surface area (Å²) in [6.07, 6.45) is 6.10. The number of nitrogens with zero attached hydrogens (tertiary/aromatic N) is 1. The number of hydrogen-bond donors (Lipinski definition) is 0. The summed E-state index contributed by atoms with van der Waals surface area (Å²) in [7, 11) is 0. The van der Waals surface area contributed by atoms with Crippen molar-refractivity contribution in [2.24, 2.45) is 10.6 Å². The fourth-order valence-corrected chi connectivity index (χ4v) is 2.38. The van der Waals surface area contributed by atoms with Crippen LogP contribution in [-0.4, -0.2) is 26.0 Å². The van der Waals surface area contributed by atoms with Crippen molar-refractivity contribution in [1.82, 2.24) is 0 Å². The zero-order valence-electron chi connectivity index (χ0n) is 17.0. The van der Waals surface area contributed by atoms with Crippen LogP contribution in [0, 0.1) is 12.3 Å². The highest BCUT2D eigenvalue weighted by molar-refractivity contribution is 6.55. The number of benzene rings is 1. The van der Waals surface area contributed by atoms with Crippen LogP contribution in [0.5, 0.6) is 11.5 Å². The second kappa shape index (κ2) is 12.1. The minimum atomic E-state index is 0.0413. The largest absolute Gasteiger partial charge is 0.493 e. The van der Waals surface area contributed by atoms with Gasteiger partial charge in [-0.1, -0.05) is 56.1 Å². The van der Waals surface area contributed by atoms with Crippen molar-refractivity contribution in [3.63, 3.8) is 0 Å². The van der Waals surface area contributed by atoms with Crippen molar-refractivity contribution in [3.8, 4) is 11.5 Å². The van der Waals surface area contributed by atoms with E-state index in [1.165, 1.54) is 0 Å². The van der Waals surface area contributed by atoms with Crippen LogP contribution >= 0.6 is 23.2 Å². The van der Waals surface area contributed by atoms with Gasteiger partial charge in [-0.3, -0.25) is 0 Å². The van der Waals surface area contributed by atoms with Crippen molar-refractivity contribution in [2.75, 3.05) is 19.8 Å². The zero-order chi connectivity index (χ0) is 20.3. The van der Waals surface area contributed by atoms with Crippen LogP contribution in [-0.2, 0) is 11.3 Å². The van der Waals surface area contributed by atoms with E-state index in [-0.39, 0.29) is 9.91 Å². The van der Waals surface area contributed by atoms with Gasteiger partial charge in [-0.25, -0.2) is 0 Å². The molecular formula is C21H31Cl2NO3. The molecule has 4 nitrogen and oxygen atoms in total. The number of hydrogen-bond acceptors (Lipinski definition) is 4. The molecule has 0 aliphatic heterocycles. The number of oxime groups is 1. The van der Waals surface area contributed by atoms with E-state index < -0.39 is 0 Å². The van der Waals surface area contributed by atoms with Crippen molar-refractivity contribution in [1.29, 1.82) is 0 Å². The lowest BCUT2D eigenvalue weighted by atomic mass is 10.00. The lowest BCUT2D eigenvalue weighted by Gasteiger charge is -2.15. The molecule has 0 aliphatic rings. The minimum absolute atomic E-state index is 0.0413.